The Morgan fingerprint density at radius 2 is 1.30 bits per heavy atom. The summed E-state index contributed by atoms with van der Waals surface area (Å²) in [5.74, 6) is 0. The van der Waals surface area contributed by atoms with E-state index in [-0.39, 0.29) is 0 Å². The first-order valence-corrected chi connectivity index (χ1v) is 9.79. The molecule has 0 radical (unpaired) electrons. The third-order valence-electron chi connectivity index (χ3n) is 3.05. The molecule has 0 unspecified atom stereocenters. The highest BCUT2D eigenvalue weighted by Crippen LogP contribution is 1.97. The van der Waals surface area contributed by atoms with Gasteiger partial charge in [0.25, 0.3) is 0 Å². The lowest BCUT2D eigenvalue weighted by Crippen LogP contribution is -2.37. The zero-order valence-corrected chi connectivity index (χ0v) is 15.4. The van der Waals surface area contributed by atoms with Crippen LogP contribution >= 0.6 is 0 Å². The molecule has 2 aromatic carbocycles. The molecular weight excluding hydrogens is 300 g/mol. The van der Waals surface area contributed by atoms with E-state index < -0.39 is 9.28 Å². The van der Waals surface area contributed by atoms with Crippen LogP contribution in [0.2, 0.25) is 0 Å². The van der Waals surface area contributed by atoms with E-state index in [1.165, 1.54) is 10.8 Å². The summed E-state index contributed by atoms with van der Waals surface area (Å²) in [4.78, 5) is 0. The number of hydrogen-bond acceptors (Lipinski definition) is 2. The van der Waals surface area contributed by atoms with Gasteiger partial charge in [0, 0.05) is 13.2 Å². The number of benzene rings is 2. The van der Waals surface area contributed by atoms with Crippen molar-refractivity contribution >= 4 is 20.5 Å². The third kappa shape index (κ3) is 8.50. The summed E-state index contributed by atoms with van der Waals surface area (Å²) in [7, 11) is -1.63. The van der Waals surface area contributed by atoms with Gasteiger partial charge in [0.05, 0.1) is 0 Å². The van der Waals surface area contributed by atoms with Gasteiger partial charge in [-0.05, 0) is 23.6 Å². The highest BCUT2D eigenvalue weighted by molar-refractivity contribution is 6.61. The summed E-state index contributed by atoms with van der Waals surface area (Å²) in [5.41, 5.74) is 1.17. The second kappa shape index (κ2) is 12.8. The molecule has 2 aromatic rings. The standard InChI is InChI=1S/C12H20O2Si.C8H8/c1-3-10-13-15(14-11-4-2)12-8-6-5-7-9-12;1-2-8-6-4-3-5-7-8/h5-9,15H,3-4,10-11H2,1-2H3;2-7H,1H2. The van der Waals surface area contributed by atoms with Crippen LogP contribution in [0.15, 0.2) is 67.2 Å². The fraction of sp³-hybridized carbons (Fsp3) is 0.300. The van der Waals surface area contributed by atoms with Crippen molar-refractivity contribution < 1.29 is 8.85 Å². The van der Waals surface area contributed by atoms with E-state index >= 15 is 0 Å². The summed E-state index contributed by atoms with van der Waals surface area (Å²) in [6.45, 7) is 9.48. The number of hydrogen-bond donors (Lipinski definition) is 0. The molecule has 0 saturated heterocycles. The van der Waals surface area contributed by atoms with Gasteiger partial charge in [0.2, 0.25) is 0 Å². The van der Waals surface area contributed by atoms with Gasteiger partial charge in [-0.1, -0.05) is 87.2 Å². The molecule has 0 aliphatic carbocycles. The molecule has 2 nitrogen and oxygen atoms in total. The highest BCUT2D eigenvalue weighted by atomic mass is 28.3. The second-order valence-corrected chi connectivity index (χ2v) is 7.10. The minimum atomic E-state index is -1.63. The van der Waals surface area contributed by atoms with E-state index in [9.17, 15) is 0 Å². The van der Waals surface area contributed by atoms with Crippen LogP contribution in [0, 0.1) is 0 Å². The Hall–Kier alpha value is -1.68. The first-order chi connectivity index (χ1) is 11.3. The lowest BCUT2D eigenvalue weighted by molar-refractivity contribution is 0.207. The van der Waals surface area contributed by atoms with Gasteiger partial charge < -0.3 is 8.85 Å². The average Bonchev–Trinajstić information content (AvgIpc) is 2.64. The SMILES string of the molecule is C=Cc1ccccc1.CCCO[SiH](OCCC)c1ccccc1. The molecule has 23 heavy (non-hydrogen) atoms. The van der Waals surface area contributed by atoms with Gasteiger partial charge in [-0.2, -0.15) is 0 Å². The Morgan fingerprint density at radius 1 is 0.826 bits per heavy atom. The van der Waals surface area contributed by atoms with Gasteiger partial charge in [-0.25, -0.2) is 0 Å². The van der Waals surface area contributed by atoms with E-state index in [0.29, 0.717) is 0 Å². The lowest BCUT2D eigenvalue weighted by Gasteiger charge is -2.16. The molecular formula is C20H28O2Si. The third-order valence-corrected chi connectivity index (χ3v) is 5.06. The molecule has 0 aliphatic heterocycles. The Bertz CT molecular complexity index is 506. The lowest BCUT2D eigenvalue weighted by atomic mass is 10.2. The van der Waals surface area contributed by atoms with Crippen LogP contribution in [-0.2, 0) is 8.85 Å². The Morgan fingerprint density at radius 3 is 1.70 bits per heavy atom. The quantitative estimate of drug-likeness (QED) is 0.673. The fourth-order valence-electron chi connectivity index (χ4n) is 1.89. The van der Waals surface area contributed by atoms with Crippen molar-refractivity contribution in [1.29, 1.82) is 0 Å². The van der Waals surface area contributed by atoms with Crippen molar-refractivity contribution in [2.45, 2.75) is 26.7 Å². The predicted octanol–water partition coefficient (Wildman–Crippen LogP) is 4.30. The molecule has 0 spiro atoms. The maximum absolute atomic E-state index is 5.80. The Balaban J connectivity index is 0.000000277. The largest absolute Gasteiger partial charge is 0.393 e. The molecule has 0 amide bonds. The van der Waals surface area contributed by atoms with Gasteiger partial charge in [-0.15, -0.1) is 0 Å². The van der Waals surface area contributed by atoms with Gasteiger partial charge in [-0.3, -0.25) is 0 Å². The van der Waals surface area contributed by atoms with Crippen LogP contribution in [-0.4, -0.2) is 22.5 Å². The van der Waals surface area contributed by atoms with Crippen LogP contribution in [0.1, 0.15) is 32.3 Å². The van der Waals surface area contributed by atoms with E-state index in [1.54, 1.807) is 0 Å². The molecule has 0 N–H and O–H groups in total. The van der Waals surface area contributed by atoms with Crippen LogP contribution in [0.4, 0.5) is 0 Å². The fourth-order valence-corrected chi connectivity index (χ4v) is 3.81. The average molecular weight is 329 g/mol. The minimum Gasteiger partial charge on any atom is -0.393 e. The number of rotatable bonds is 8. The monoisotopic (exact) mass is 328 g/mol. The summed E-state index contributed by atoms with van der Waals surface area (Å²) in [6.07, 6.45) is 3.93. The van der Waals surface area contributed by atoms with E-state index in [1.807, 2.05) is 54.6 Å². The molecule has 0 saturated carbocycles. The van der Waals surface area contributed by atoms with Crippen molar-refractivity contribution in [2.75, 3.05) is 13.2 Å². The molecule has 0 aromatic heterocycles. The molecule has 0 heterocycles. The molecule has 0 fully saturated rings. The van der Waals surface area contributed by atoms with Crippen LogP contribution in [0.3, 0.4) is 0 Å². The van der Waals surface area contributed by atoms with Crippen molar-refractivity contribution in [3.8, 4) is 0 Å². The first kappa shape index (κ1) is 19.4. The first-order valence-electron chi connectivity index (χ1n) is 8.27. The van der Waals surface area contributed by atoms with E-state index in [4.69, 9.17) is 8.85 Å². The molecule has 3 heteroatoms. The summed E-state index contributed by atoms with van der Waals surface area (Å²) in [6, 6.07) is 20.3. The maximum atomic E-state index is 5.80. The van der Waals surface area contributed by atoms with Crippen molar-refractivity contribution in [3.63, 3.8) is 0 Å². The van der Waals surface area contributed by atoms with Crippen LogP contribution in [0.5, 0.6) is 0 Å². The molecule has 0 bridgehead atoms. The summed E-state index contributed by atoms with van der Waals surface area (Å²) < 4.78 is 11.6. The highest BCUT2D eigenvalue weighted by Gasteiger charge is 2.15. The Kier molecular flexibility index (Phi) is 10.8. The van der Waals surface area contributed by atoms with Crippen LogP contribution in [0.25, 0.3) is 6.08 Å². The molecule has 0 aliphatic rings. The second-order valence-electron chi connectivity index (χ2n) is 5.10. The molecule has 0 atom stereocenters. The zero-order valence-electron chi connectivity index (χ0n) is 14.3. The van der Waals surface area contributed by atoms with Crippen molar-refractivity contribution in [2.24, 2.45) is 0 Å². The predicted molar refractivity (Wildman–Crippen MR) is 102 cm³/mol. The minimum absolute atomic E-state index is 0.801. The summed E-state index contributed by atoms with van der Waals surface area (Å²) >= 11 is 0. The van der Waals surface area contributed by atoms with Crippen molar-refractivity contribution in [3.05, 3.63) is 72.8 Å². The summed E-state index contributed by atoms with van der Waals surface area (Å²) in [5, 5.41) is 1.24. The maximum Gasteiger partial charge on any atom is 0.355 e. The van der Waals surface area contributed by atoms with Gasteiger partial charge in [0.15, 0.2) is 0 Å². The van der Waals surface area contributed by atoms with E-state index in [0.717, 1.165) is 26.1 Å². The van der Waals surface area contributed by atoms with Crippen LogP contribution < -0.4 is 5.19 Å². The molecule has 124 valence electrons. The molecule has 2 rings (SSSR count). The van der Waals surface area contributed by atoms with Crippen molar-refractivity contribution in [1.82, 2.24) is 0 Å². The van der Waals surface area contributed by atoms with Gasteiger partial charge in [0.1, 0.15) is 0 Å². The van der Waals surface area contributed by atoms with Gasteiger partial charge >= 0.3 is 9.28 Å². The normalized spacial score (nSPS) is 10.0. The smallest absolute Gasteiger partial charge is 0.355 e. The zero-order chi connectivity index (χ0) is 16.8. The Labute approximate surface area is 142 Å². The topological polar surface area (TPSA) is 18.5 Å². The van der Waals surface area contributed by atoms with E-state index in [2.05, 4.69) is 32.6 Å².